The Labute approximate surface area is 78.8 Å². The Morgan fingerprint density at radius 2 is 1.92 bits per heavy atom. The quantitative estimate of drug-likeness (QED) is 0.491. The normalized spacial score (nSPS) is 9.54. The zero-order chi connectivity index (χ0) is 9.36. The van der Waals surface area contributed by atoms with Gasteiger partial charge in [0, 0.05) is 0 Å². The van der Waals surface area contributed by atoms with Crippen LogP contribution in [-0.2, 0) is 4.74 Å². The summed E-state index contributed by atoms with van der Waals surface area (Å²) >= 11 is 0. The first-order chi connectivity index (χ1) is 6.43. The summed E-state index contributed by atoms with van der Waals surface area (Å²) < 4.78 is 10.6. The molecule has 0 aliphatic heterocycles. The minimum absolute atomic E-state index is 0.581. The second-order valence-corrected chi connectivity index (χ2v) is 2.53. The van der Waals surface area contributed by atoms with Crippen molar-refractivity contribution in [3.8, 4) is 5.75 Å². The van der Waals surface area contributed by atoms with Crippen LogP contribution in [-0.4, -0.2) is 19.8 Å². The Morgan fingerprint density at radius 1 is 1.15 bits per heavy atom. The summed E-state index contributed by atoms with van der Waals surface area (Å²) in [6, 6.07) is 9.70. The van der Waals surface area contributed by atoms with Crippen LogP contribution < -0.4 is 4.74 Å². The van der Waals surface area contributed by atoms with E-state index in [0.717, 1.165) is 5.75 Å². The summed E-state index contributed by atoms with van der Waals surface area (Å²) in [5.74, 6) is 0.879. The van der Waals surface area contributed by atoms with Crippen molar-refractivity contribution in [2.24, 2.45) is 0 Å². The Kier molecular flexibility index (Phi) is 4.72. The molecule has 0 aliphatic rings. The van der Waals surface area contributed by atoms with E-state index in [1.54, 1.807) is 6.08 Å². The van der Waals surface area contributed by atoms with Crippen LogP contribution in [0.3, 0.4) is 0 Å². The molecule has 0 saturated heterocycles. The third kappa shape index (κ3) is 4.33. The van der Waals surface area contributed by atoms with Crippen molar-refractivity contribution in [1.29, 1.82) is 0 Å². The second kappa shape index (κ2) is 6.26. The van der Waals surface area contributed by atoms with Gasteiger partial charge in [0.15, 0.2) is 0 Å². The van der Waals surface area contributed by atoms with Gasteiger partial charge >= 0.3 is 0 Å². The molecule has 0 fully saturated rings. The molecule has 0 radical (unpaired) electrons. The van der Waals surface area contributed by atoms with Gasteiger partial charge in [-0.05, 0) is 12.1 Å². The van der Waals surface area contributed by atoms with E-state index in [1.807, 2.05) is 30.3 Å². The number of ether oxygens (including phenoxy) is 2. The first kappa shape index (κ1) is 9.81. The van der Waals surface area contributed by atoms with Crippen molar-refractivity contribution in [3.05, 3.63) is 43.0 Å². The summed E-state index contributed by atoms with van der Waals surface area (Å²) in [6.07, 6.45) is 1.72. The molecule has 1 aromatic carbocycles. The number of hydrogen-bond acceptors (Lipinski definition) is 2. The lowest BCUT2D eigenvalue weighted by Gasteiger charge is -2.05. The molecule has 0 bridgehead atoms. The molecule has 13 heavy (non-hydrogen) atoms. The van der Waals surface area contributed by atoms with E-state index in [1.165, 1.54) is 0 Å². The van der Waals surface area contributed by atoms with Crippen molar-refractivity contribution in [2.45, 2.75) is 0 Å². The van der Waals surface area contributed by atoms with Gasteiger partial charge in [-0.15, -0.1) is 6.58 Å². The molecule has 2 heteroatoms. The highest BCUT2D eigenvalue weighted by Gasteiger charge is 1.90. The van der Waals surface area contributed by atoms with Crippen LogP contribution in [0.15, 0.2) is 43.0 Å². The van der Waals surface area contributed by atoms with Gasteiger partial charge in [-0.25, -0.2) is 0 Å². The van der Waals surface area contributed by atoms with Gasteiger partial charge in [0.1, 0.15) is 12.4 Å². The number of benzene rings is 1. The summed E-state index contributed by atoms with van der Waals surface area (Å²) in [4.78, 5) is 0. The zero-order valence-electron chi connectivity index (χ0n) is 7.61. The highest BCUT2D eigenvalue weighted by Crippen LogP contribution is 2.07. The van der Waals surface area contributed by atoms with Crippen LogP contribution in [0.25, 0.3) is 0 Å². The maximum absolute atomic E-state index is 5.39. The Balaban J connectivity index is 2.10. The Morgan fingerprint density at radius 3 is 2.62 bits per heavy atom. The lowest BCUT2D eigenvalue weighted by molar-refractivity contribution is 0.121. The lowest BCUT2D eigenvalue weighted by Crippen LogP contribution is -2.06. The molecule has 1 rings (SSSR count). The molecule has 70 valence electrons. The maximum Gasteiger partial charge on any atom is 0.119 e. The van der Waals surface area contributed by atoms with E-state index >= 15 is 0 Å². The molecule has 0 unspecified atom stereocenters. The fourth-order valence-corrected chi connectivity index (χ4v) is 0.902. The van der Waals surface area contributed by atoms with Crippen molar-refractivity contribution in [3.63, 3.8) is 0 Å². The number of para-hydroxylation sites is 1. The second-order valence-electron chi connectivity index (χ2n) is 2.53. The molecule has 0 N–H and O–H groups in total. The third-order valence-electron chi connectivity index (χ3n) is 1.48. The molecule has 0 atom stereocenters. The molecule has 0 aromatic heterocycles. The van der Waals surface area contributed by atoms with Gasteiger partial charge in [0.2, 0.25) is 0 Å². The van der Waals surface area contributed by atoms with E-state index in [2.05, 4.69) is 6.58 Å². The predicted octanol–water partition coefficient (Wildman–Crippen LogP) is 2.27. The van der Waals surface area contributed by atoms with Crippen molar-refractivity contribution in [2.75, 3.05) is 19.8 Å². The van der Waals surface area contributed by atoms with E-state index in [4.69, 9.17) is 9.47 Å². The van der Waals surface area contributed by atoms with Crippen molar-refractivity contribution in [1.82, 2.24) is 0 Å². The predicted molar refractivity (Wildman–Crippen MR) is 53.0 cm³/mol. The number of rotatable bonds is 6. The van der Waals surface area contributed by atoms with Crippen LogP contribution in [0, 0.1) is 0 Å². The fourth-order valence-electron chi connectivity index (χ4n) is 0.902. The molecule has 1 aromatic rings. The highest BCUT2D eigenvalue weighted by molar-refractivity contribution is 5.20. The van der Waals surface area contributed by atoms with Gasteiger partial charge in [0.05, 0.1) is 13.2 Å². The first-order valence-corrected chi connectivity index (χ1v) is 4.30. The summed E-state index contributed by atoms with van der Waals surface area (Å²) in [7, 11) is 0. The standard InChI is InChI=1S/C11H14O2/c1-2-8-12-9-10-13-11-6-4-3-5-7-11/h2-7H,1,8-10H2. The van der Waals surface area contributed by atoms with Crippen molar-refractivity contribution >= 4 is 0 Å². The van der Waals surface area contributed by atoms with Gasteiger partial charge < -0.3 is 9.47 Å². The lowest BCUT2D eigenvalue weighted by atomic mass is 10.3. The fraction of sp³-hybridized carbons (Fsp3) is 0.273. The van der Waals surface area contributed by atoms with Gasteiger partial charge in [-0.2, -0.15) is 0 Å². The monoisotopic (exact) mass is 178 g/mol. The summed E-state index contributed by atoms with van der Waals surface area (Å²) in [6.45, 7) is 5.31. The minimum Gasteiger partial charge on any atom is -0.491 e. The first-order valence-electron chi connectivity index (χ1n) is 4.30. The SMILES string of the molecule is C=CCOCCOc1ccccc1. The summed E-state index contributed by atoms with van der Waals surface area (Å²) in [5, 5.41) is 0. The van der Waals surface area contributed by atoms with Crippen LogP contribution in [0.1, 0.15) is 0 Å². The Hall–Kier alpha value is -1.28. The van der Waals surface area contributed by atoms with Gasteiger partial charge in [-0.1, -0.05) is 24.3 Å². The van der Waals surface area contributed by atoms with E-state index in [-0.39, 0.29) is 0 Å². The van der Waals surface area contributed by atoms with E-state index in [9.17, 15) is 0 Å². The molecular formula is C11H14O2. The maximum atomic E-state index is 5.39. The molecule has 0 saturated carbocycles. The highest BCUT2D eigenvalue weighted by atomic mass is 16.5. The van der Waals surface area contributed by atoms with Gasteiger partial charge in [-0.3, -0.25) is 0 Å². The molecule has 2 nitrogen and oxygen atoms in total. The summed E-state index contributed by atoms with van der Waals surface area (Å²) in [5.41, 5.74) is 0. The zero-order valence-corrected chi connectivity index (χ0v) is 7.61. The topological polar surface area (TPSA) is 18.5 Å². The van der Waals surface area contributed by atoms with Crippen LogP contribution in [0.4, 0.5) is 0 Å². The number of hydrogen-bond donors (Lipinski definition) is 0. The molecular weight excluding hydrogens is 164 g/mol. The van der Waals surface area contributed by atoms with Crippen LogP contribution >= 0.6 is 0 Å². The largest absolute Gasteiger partial charge is 0.491 e. The molecule has 0 amide bonds. The minimum atomic E-state index is 0.581. The van der Waals surface area contributed by atoms with E-state index < -0.39 is 0 Å². The smallest absolute Gasteiger partial charge is 0.119 e. The van der Waals surface area contributed by atoms with Crippen molar-refractivity contribution < 1.29 is 9.47 Å². The van der Waals surface area contributed by atoms with E-state index in [0.29, 0.717) is 19.8 Å². The average molecular weight is 178 g/mol. The van der Waals surface area contributed by atoms with Crippen LogP contribution in [0.5, 0.6) is 5.75 Å². The van der Waals surface area contributed by atoms with Crippen LogP contribution in [0.2, 0.25) is 0 Å². The average Bonchev–Trinajstić information content (AvgIpc) is 2.19. The molecule has 0 aliphatic carbocycles. The third-order valence-corrected chi connectivity index (χ3v) is 1.48. The molecule has 0 spiro atoms. The van der Waals surface area contributed by atoms with Gasteiger partial charge in [0.25, 0.3) is 0 Å². The molecule has 0 heterocycles. The Bertz CT molecular complexity index is 231.